The number of benzene rings is 1. The third kappa shape index (κ3) is 3.95. The number of carbonyl (C=O) groups excluding carboxylic acids is 1. The number of rotatable bonds is 4. The molecule has 2 atom stereocenters. The van der Waals surface area contributed by atoms with Crippen LogP contribution in [0.5, 0.6) is 0 Å². The molecule has 0 bridgehead atoms. The molecule has 0 unspecified atom stereocenters. The van der Waals surface area contributed by atoms with E-state index in [0.717, 1.165) is 12.0 Å². The number of nitrogens with two attached hydrogens (primary N) is 1. The molecule has 7 nitrogen and oxygen atoms in total. The number of anilines is 1. The minimum absolute atomic E-state index is 0.0827. The van der Waals surface area contributed by atoms with Crippen molar-refractivity contribution < 1.29 is 9.18 Å². The smallest absolute Gasteiger partial charge is 0.257 e. The summed E-state index contributed by atoms with van der Waals surface area (Å²) in [7, 11) is 0. The molecule has 1 amide bonds. The molecule has 1 aliphatic rings. The van der Waals surface area contributed by atoms with Crippen molar-refractivity contribution in [3.8, 4) is 12.1 Å². The molecule has 1 saturated carbocycles. The Morgan fingerprint density at radius 1 is 1.28 bits per heavy atom. The molecular weight excluding hydrogens is 407 g/mol. The number of hydrogen-bond acceptors (Lipinski definition) is 6. The Kier molecular flexibility index (Phi) is 5.70. The molecule has 2 heterocycles. The van der Waals surface area contributed by atoms with E-state index < -0.39 is 11.7 Å². The van der Waals surface area contributed by atoms with E-state index in [4.69, 9.17) is 11.0 Å². The van der Waals surface area contributed by atoms with E-state index in [1.807, 2.05) is 6.07 Å². The predicted molar refractivity (Wildman–Crippen MR) is 116 cm³/mol. The summed E-state index contributed by atoms with van der Waals surface area (Å²) in [5.41, 5.74) is 7.83. The number of amides is 1. The lowest BCUT2D eigenvalue weighted by molar-refractivity contribution is 0.0631. The third-order valence-corrected chi connectivity index (χ3v) is 5.96. The summed E-state index contributed by atoms with van der Waals surface area (Å²) in [5.74, 6) is -1.21. The van der Waals surface area contributed by atoms with E-state index in [-0.39, 0.29) is 24.1 Å². The van der Waals surface area contributed by atoms with E-state index in [9.17, 15) is 10.1 Å². The Bertz CT molecular complexity index is 1270. The second-order valence-electron chi connectivity index (χ2n) is 8.03. The summed E-state index contributed by atoms with van der Waals surface area (Å²) in [4.78, 5) is 23.6. The van der Waals surface area contributed by atoms with Gasteiger partial charge in [0.15, 0.2) is 0 Å². The molecule has 160 valence electrons. The van der Waals surface area contributed by atoms with E-state index in [0.29, 0.717) is 40.8 Å². The Labute approximate surface area is 184 Å². The van der Waals surface area contributed by atoms with E-state index in [1.54, 1.807) is 25.1 Å². The summed E-state index contributed by atoms with van der Waals surface area (Å²) in [6.45, 7) is 1.91. The van der Waals surface area contributed by atoms with E-state index in [1.165, 1.54) is 23.2 Å². The quantitative estimate of drug-likeness (QED) is 0.674. The lowest BCUT2D eigenvalue weighted by atomic mass is 10.0. The maximum Gasteiger partial charge on any atom is 0.257 e. The first-order chi connectivity index (χ1) is 15.4. The molecular formula is C24H21FN6O. The zero-order valence-corrected chi connectivity index (χ0v) is 17.5. The molecule has 3 aromatic rings. The van der Waals surface area contributed by atoms with E-state index in [2.05, 4.69) is 16.0 Å². The molecule has 0 saturated heterocycles. The van der Waals surface area contributed by atoms with Gasteiger partial charge in [-0.15, -0.1) is 0 Å². The predicted octanol–water partition coefficient (Wildman–Crippen LogP) is 3.87. The largest absolute Gasteiger partial charge is 0.383 e. The van der Waals surface area contributed by atoms with Gasteiger partial charge in [0, 0.05) is 23.7 Å². The Morgan fingerprint density at radius 2 is 2.09 bits per heavy atom. The summed E-state index contributed by atoms with van der Waals surface area (Å²) in [6, 6.07) is 11.7. The van der Waals surface area contributed by atoms with Gasteiger partial charge in [-0.05, 0) is 56.0 Å². The van der Waals surface area contributed by atoms with Crippen molar-refractivity contribution in [3.63, 3.8) is 0 Å². The van der Waals surface area contributed by atoms with Gasteiger partial charge in [-0.25, -0.2) is 9.37 Å². The van der Waals surface area contributed by atoms with Gasteiger partial charge in [0.25, 0.3) is 5.91 Å². The van der Waals surface area contributed by atoms with Gasteiger partial charge >= 0.3 is 0 Å². The first-order valence-electron chi connectivity index (χ1n) is 10.3. The average molecular weight is 428 g/mol. The Hall–Kier alpha value is -4.04. The monoisotopic (exact) mass is 428 g/mol. The number of halogens is 1. The van der Waals surface area contributed by atoms with Crippen LogP contribution < -0.4 is 5.73 Å². The lowest BCUT2D eigenvalue weighted by Gasteiger charge is -2.31. The number of nitrogens with zero attached hydrogens (tertiary/aromatic N) is 5. The van der Waals surface area contributed by atoms with Gasteiger partial charge in [-0.2, -0.15) is 10.5 Å². The van der Waals surface area contributed by atoms with Crippen molar-refractivity contribution in [3.05, 3.63) is 64.7 Å². The van der Waals surface area contributed by atoms with Crippen LogP contribution in [-0.4, -0.2) is 26.8 Å². The third-order valence-electron chi connectivity index (χ3n) is 5.96. The maximum absolute atomic E-state index is 15.0. The van der Waals surface area contributed by atoms with Crippen LogP contribution in [0.4, 0.5) is 10.2 Å². The maximum atomic E-state index is 15.0. The highest BCUT2D eigenvalue weighted by Gasteiger charge is 2.36. The van der Waals surface area contributed by atoms with Gasteiger partial charge in [0.1, 0.15) is 17.7 Å². The van der Waals surface area contributed by atoms with Crippen LogP contribution >= 0.6 is 0 Å². The summed E-state index contributed by atoms with van der Waals surface area (Å²) >= 11 is 0. The summed E-state index contributed by atoms with van der Waals surface area (Å²) < 4.78 is 15.0. The molecule has 0 spiro atoms. The topological polar surface area (TPSA) is 120 Å². The van der Waals surface area contributed by atoms with Gasteiger partial charge in [0.05, 0.1) is 40.9 Å². The number of pyridine rings is 2. The van der Waals surface area contributed by atoms with Crippen LogP contribution in [-0.2, 0) is 6.54 Å². The fraction of sp³-hybridized carbons (Fsp3) is 0.292. The SMILES string of the molecule is Cc1cc2cc(C(=O)N(Cc3ccc(C#N)cn3)[C@@H]3CCC[C@H]3C#N)c(F)cc2nc1N. The Balaban J connectivity index is 1.75. The number of hydrogen-bond donors (Lipinski definition) is 1. The number of aromatic nitrogens is 2. The van der Waals surface area contributed by atoms with Crippen molar-refractivity contribution in [2.24, 2.45) is 5.92 Å². The Morgan fingerprint density at radius 3 is 2.78 bits per heavy atom. The van der Waals surface area contributed by atoms with Gasteiger partial charge < -0.3 is 10.6 Å². The van der Waals surface area contributed by atoms with Crippen LogP contribution in [0.2, 0.25) is 0 Å². The van der Waals surface area contributed by atoms with Crippen molar-refractivity contribution in [2.45, 2.75) is 38.8 Å². The number of carbonyl (C=O) groups is 1. The molecule has 1 aromatic carbocycles. The van der Waals surface area contributed by atoms with Crippen LogP contribution in [0.25, 0.3) is 10.9 Å². The molecule has 4 rings (SSSR count). The van der Waals surface area contributed by atoms with Crippen molar-refractivity contribution >= 4 is 22.6 Å². The molecule has 2 aromatic heterocycles. The number of aryl methyl sites for hydroxylation is 1. The zero-order chi connectivity index (χ0) is 22.8. The molecule has 2 N–H and O–H groups in total. The average Bonchev–Trinajstić information content (AvgIpc) is 3.27. The normalized spacial score (nSPS) is 17.6. The van der Waals surface area contributed by atoms with Crippen LogP contribution in [0.3, 0.4) is 0 Å². The van der Waals surface area contributed by atoms with Crippen LogP contribution in [0.15, 0.2) is 36.5 Å². The summed E-state index contributed by atoms with van der Waals surface area (Å²) in [6.07, 6.45) is 3.60. The van der Waals surface area contributed by atoms with Gasteiger partial charge in [-0.1, -0.05) is 0 Å². The molecule has 0 radical (unpaired) electrons. The summed E-state index contributed by atoms with van der Waals surface area (Å²) in [5, 5.41) is 19.2. The highest BCUT2D eigenvalue weighted by molar-refractivity contribution is 5.98. The highest BCUT2D eigenvalue weighted by atomic mass is 19.1. The second-order valence-corrected chi connectivity index (χ2v) is 8.03. The second kappa shape index (κ2) is 8.60. The van der Waals surface area contributed by atoms with Crippen molar-refractivity contribution in [1.29, 1.82) is 10.5 Å². The molecule has 0 aliphatic heterocycles. The van der Waals surface area contributed by atoms with Gasteiger partial charge in [0.2, 0.25) is 0 Å². The first kappa shape index (κ1) is 21.2. The van der Waals surface area contributed by atoms with Crippen LogP contribution in [0, 0.1) is 41.3 Å². The number of nitriles is 2. The minimum atomic E-state index is -0.692. The number of fused-ring (bicyclic) bond motifs is 1. The van der Waals surface area contributed by atoms with Crippen molar-refractivity contribution in [2.75, 3.05) is 5.73 Å². The molecule has 1 aliphatic carbocycles. The standard InChI is InChI=1S/C24H21FN6O/c1-14-7-17-8-19(20(25)9-21(17)30-23(14)28)24(32)31(22-4-2-3-16(22)11-27)13-18-6-5-15(10-26)12-29-18/h5-9,12,16,22H,2-4,13H2,1H3,(H2,28,30)/t16-,22+/m0/s1. The first-order valence-corrected chi connectivity index (χ1v) is 10.3. The molecule has 8 heteroatoms. The van der Waals surface area contributed by atoms with Gasteiger partial charge in [-0.3, -0.25) is 9.78 Å². The minimum Gasteiger partial charge on any atom is -0.383 e. The fourth-order valence-electron chi connectivity index (χ4n) is 4.20. The zero-order valence-electron chi connectivity index (χ0n) is 17.5. The van der Waals surface area contributed by atoms with Crippen molar-refractivity contribution in [1.82, 2.24) is 14.9 Å². The highest BCUT2D eigenvalue weighted by Crippen LogP contribution is 2.32. The molecule has 32 heavy (non-hydrogen) atoms. The van der Waals surface area contributed by atoms with Crippen LogP contribution in [0.1, 0.15) is 46.4 Å². The fourth-order valence-corrected chi connectivity index (χ4v) is 4.20. The molecule has 1 fully saturated rings. The lowest BCUT2D eigenvalue weighted by Crippen LogP contribution is -2.42. The number of nitrogen functional groups attached to an aromatic ring is 1. The van der Waals surface area contributed by atoms with E-state index >= 15 is 4.39 Å².